The molecule has 0 spiro atoms. The number of hydrogen-bond acceptors (Lipinski definition) is 2. The number of aryl methyl sites for hydroxylation is 3. The third-order valence-corrected chi connectivity index (χ3v) is 4.58. The van der Waals surface area contributed by atoms with Gasteiger partial charge in [0, 0.05) is 22.3 Å². The lowest BCUT2D eigenvalue weighted by Crippen LogP contribution is -2.20. The van der Waals surface area contributed by atoms with Crippen LogP contribution in [-0.2, 0) is 6.54 Å². The summed E-state index contributed by atoms with van der Waals surface area (Å²) in [4.78, 5) is 2.83. The Morgan fingerprint density at radius 1 is 1.11 bits per heavy atom. The number of benzene rings is 1. The van der Waals surface area contributed by atoms with E-state index < -0.39 is 0 Å². The fraction of sp³-hybridized carbons (Fsp3) is 0.412. The van der Waals surface area contributed by atoms with Crippen LogP contribution in [0.2, 0.25) is 0 Å². The summed E-state index contributed by atoms with van der Waals surface area (Å²) in [5.41, 5.74) is 4.15. The van der Waals surface area contributed by atoms with Gasteiger partial charge in [0.15, 0.2) is 0 Å². The van der Waals surface area contributed by atoms with E-state index in [0.29, 0.717) is 6.04 Å². The Balaban J connectivity index is 2.03. The largest absolute Gasteiger partial charge is 0.306 e. The van der Waals surface area contributed by atoms with Crippen LogP contribution in [0.3, 0.4) is 0 Å². The van der Waals surface area contributed by atoms with Gasteiger partial charge < -0.3 is 5.32 Å². The second-order valence-corrected chi connectivity index (χ2v) is 6.65. The van der Waals surface area contributed by atoms with Crippen LogP contribution in [0.25, 0.3) is 0 Å². The van der Waals surface area contributed by atoms with Crippen molar-refractivity contribution >= 4 is 11.3 Å². The summed E-state index contributed by atoms with van der Waals surface area (Å²) < 4.78 is 0. The average Bonchev–Trinajstić information content (AvgIpc) is 2.71. The van der Waals surface area contributed by atoms with Crippen LogP contribution in [-0.4, -0.2) is 0 Å². The highest BCUT2D eigenvalue weighted by Gasteiger charge is 2.10. The standard InChI is InChI=1S/C17H23NS/c1-5-17(15-8-6-12(2)7-9-15)18-11-16-10-13(3)19-14(16)4/h6-10,17-18H,5,11H2,1-4H3. The van der Waals surface area contributed by atoms with Crippen LogP contribution in [0, 0.1) is 20.8 Å². The Morgan fingerprint density at radius 2 is 1.79 bits per heavy atom. The zero-order chi connectivity index (χ0) is 13.8. The van der Waals surface area contributed by atoms with Crippen LogP contribution >= 0.6 is 11.3 Å². The van der Waals surface area contributed by atoms with Crippen LogP contribution in [0.1, 0.15) is 45.8 Å². The van der Waals surface area contributed by atoms with Crippen LogP contribution in [0.15, 0.2) is 30.3 Å². The second-order valence-electron chi connectivity index (χ2n) is 5.19. The summed E-state index contributed by atoms with van der Waals surface area (Å²) in [6, 6.07) is 11.6. The third-order valence-electron chi connectivity index (χ3n) is 3.57. The topological polar surface area (TPSA) is 12.0 Å². The minimum Gasteiger partial charge on any atom is -0.306 e. The Hall–Kier alpha value is -1.12. The maximum absolute atomic E-state index is 3.68. The number of rotatable bonds is 5. The lowest BCUT2D eigenvalue weighted by atomic mass is 10.0. The maximum Gasteiger partial charge on any atom is 0.0320 e. The fourth-order valence-electron chi connectivity index (χ4n) is 2.39. The van der Waals surface area contributed by atoms with Crippen LogP contribution in [0.4, 0.5) is 0 Å². The molecule has 2 heteroatoms. The third kappa shape index (κ3) is 3.68. The molecule has 0 fully saturated rings. The zero-order valence-corrected chi connectivity index (χ0v) is 13.1. The van der Waals surface area contributed by atoms with Crippen molar-refractivity contribution in [3.63, 3.8) is 0 Å². The molecule has 19 heavy (non-hydrogen) atoms. The molecule has 0 aliphatic heterocycles. The van der Waals surface area contributed by atoms with E-state index in [1.54, 1.807) is 0 Å². The molecule has 0 bridgehead atoms. The molecule has 0 saturated carbocycles. The first-order valence-electron chi connectivity index (χ1n) is 6.96. The van der Waals surface area contributed by atoms with E-state index in [0.717, 1.165) is 13.0 Å². The van der Waals surface area contributed by atoms with E-state index in [2.05, 4.69) is 63.3 Å². The van der Waals surface area contributed by atoms with Crippen molar-refractivity contribution in [1.82, 2.24) is 5.32 Å². The molecule has 2 aromatic rings. The van der Waals surface area contributed by atoms with Gasteiger partial charge in [0.1, 0.15) is 0 Å². The number of thiophene rings is 1. The summed E-state index contributed by atoms with van der Waals surface area (Å²) in [6.45, 7) is 9.72. The quantitative estimate of drug-likeness (QED) is 0.816. The summed E-state index contributed by atoms with van der Waals surface area (Å²) in [7, 11) is 0. The van der Waals surface area contributed by atoms with Gasteiger partial charge in [-0.25, -0.2) is 0 Å². The van der Waals surface area contributed by atoms with Crippen LogP contribution in [0.5, 0.6) is 0 Å². The SMILES string of the molecule is CCC(NCc1cc(C)sc1C)c1ccc(C)cc1. The molecule has 1 atom stereocenters. The molecule has 0 radical (unpaired) electrons. The molecule has 1 unspecified atom stereocenters. The molecule has 0 aliphatic carbocycles. The van der Waals surface area contributed by atoms with Gasteiger partial charge in [-0.3, -0.25) is 0 Å². The Kier molecular flexibility index (Phi) is 4.78. The van der Waals surface area contributed by atoms with Gasteiger partial charge in [-0.2, -0.15) is 0 Å². The average molecular weight is 273 g/mol. The molecule has 0 saturated heterocycles. The van der Waals surface area contributed by atoms with Crippen molar-refractivity contribution in [2.24, 2.45) is 0 Å². The molecule has 1 N–H and O–H groups in total. The van der Waals surface area contributed by atoms with Crippen molar-refractivity contribution in [2.75, 3.05) is 0 Å². The monoisotopic (exact) mass is 273 g/mol. The second kappa shape index (κ2) is 6.36. The summed E-state index contributed by atoms with van der Waals surface area (Å²) >= 11 is 1.89. The van der Waals surface area contributed by atoms with Gasteiger partial charge >= 0.3 is 0 Å². The zero-order valence-electron chi connectivity index (χ0n) is 12.3. The minimum atomic E-state index is 0.445. The predicted molar refractivity (Wildman–Crippen MR) is 84.8 cm³/mol. The predicted octanol–water partition coefficient (Wildman–Crippen LogP) is 4.91. The minimum absolute atomic E-state index is 0.445. The molecule has 1 heterocycles. The summed E-state index contributed by atoms with van der Waals surface area (Å²) in [5, 5.41) is 3.68. The van der Waals surface area contributed by atoms with Gasteiger partial charge in [0.05, 0.1) is 0 Å². The molecule has 0 aliphatic rings. The van der Waals surface area contributed by atoms with Gasteiger partial charge in [-0.05, 0) is 44.4 Å². The molecule has 1 nitrogen and oxygen atoms in total. The van der Waals surface area contributed by atoms with Crippen molar-refractivity contribution in [3.8, 4) is 0 Å². The lowest BCUT2D eigenvalue weighted by molar-refractivity contribution is 0.518. The van der Waals surface area contributed by atoms with E-state index >= 15 is 0 Å². The highest BCUT2D eigenvalue weighted by Crippen LogP contribution is 2.22. The molecule has 0 amide bonds. The van der Waals surface area contributed by atoms with E-state index in [9.17, 15) is 0 Å². The van der Waals surface area contributed by atoms with Crippen molar-refractivity contribution in [2.45, 2.75) is 46.7 Å². The highest BCUT2D eigenvalue weighted by atomic mass is 32.1. The first kappa shape index (κ1) is 14.3. The molecule has 2 rings (SSSR count). The van der Waals surface area contributed by atoms with Gasteiger partial charge in [0.2, 0.25) is 0 Å². The van der Waals surface area contributed by atoms with Crippen LogP contribution < -0.4 is 5.32 Å². The summed E-state index contributed by atoms with van der Waals surface area (Å²) in [5.74, 6) is 0. The molecule has 1 aromatic carbocycles. The van der Waals surface area contributed by atoms with E-state index in [1.807, 2.05) is 11.3 Å². The smallest absolute Gasteiger partial charge is 0.0320 e. The summed E-state index contributed by atoms with van der Waals surface area (Å²) in [6.07, 6.45) is 1.12. The molecular weight excluding hydrogens is 250 g/mol. The van der Waals surface area contributed by atoms with E-state index in [4.69, 9.17) is 0 Å². The van der Waals surface area contributed by atoms with Crippen molar-refractivity contribution in [3.05, 3.63) is 56.8 Å². The number of nitrogens with one attached hydrogen (secondary N) is 1. The highest BCUT2D eigenvalue weighted by molar-refractivity contribution is 7.12. The van der Waals surface area contributed by atoms with E-state index in [1.165, 1.54) is 26.4 Å². The van der Waals surface area contributed by atoms with Gasteiger partial charge in [0.25, 0.3) is 0 Å². The normalized spacial score (nSPS) is 12.6. The molecule has 102 valence electrons. The first-order valence-corrected chi connectivity index (χ1v) is 7.77. The number of hydrogen-bond donors (Lipinski definition) is 1. The lowest BCUT2D eigenvalue weighted by Gasteiger charge is -2.17. The molecule has 1 aromatic heterocycles. The Morgan fingerprint density at radius 3 is 2.32 bits per heavy atom. The van der Waals surface area contributed by atoms with Gasteiger partial charge in [-0.1, -0.05) is 36.8 Å². The Labute approximate surface area is 120 Å². The first-order chi connectivity index (χ1) is 9.10. The van der Waals surface area contributed by atoms with E-state index in [-0.39, 0.29) is 0 Å². The maximum atomic E-state index is 3.68. The Bertz CT molecular complexity index is 525. The van der Waals surface area contributed by atoms with Crippen molar-refractivity contribution < 1.29 is 0 Å². The molecular formula is C17H23NS. The van der Waals surface area contributed by atoms with Crippen molar-refractivity contribution in [1.29, 1.82) is 0 Å². The fourth-order valence-corrected chi connectivity index (χ4v) is 3.34. The van der Waals surface area contributed by atoms with Gasteiger partial charge in [-0.15, -0.1) is 11.3 Å².